The minimum Gasteiger partial charge on any atom is -0.493 e. The summed E-state index contributed by atoms with van der Waals surface area (Å²) in [7, 11) is 0. The maximum atomic E-state index is 12.3. The molecule has 0 saturated carbocycles. The Morgan fingerprint density at radius 3 is 1.49 bits per heavy atom. The number of azo groups is 2. The molecule has 2 aromatic carbocycles. The lowest BCUT2D eigenvalue weighted by Crippen LogP contribution is -1.99. The van der Waals surface area contributed by atoms with Crippen molar-refractivity contribution < 1.29 is 19.8 Å². The smallest absolute Gasteiger partial charge is 0.264 e. The first kappa shape index (κ1) is 28.3. The molecular formula is C27H28Cl2N6O4. The number of fused-ring (bicyclic) bond motifs is 2. The zero-order valence-corrected chi connectivity index (χ0v) is 23.4. The first-order valence-corrected chi connectivity index (χ1v) is 13.2. The molecule has 0 unspecified atom stereocenters. The van der Waals surface area contributed by atoms with Gasteiger partial charge in [-0.15, -0.1) is 20.5 Å². The van der Waals surface area contributed by atoms with Crippen molar-refractivity contribution in [2.75, 3.05) is 0 Å². The van der Waals surface area contributed by atoms with Crippen molar-refractivity contribution in [1.82, 2.24) is 9.13 Å². The summed E-state index contributed by atoms with van der Waals surface area (Å²) in [5.41, 5.74) is 1.74. The first-order valence-electron chi connectivity index (χ1n) is 12.4. The molecule has 10 nitrogen and oxygen atoms in total. The van der Waals surface area contributed by atoms with Crippen LogP contribution in [0.25, 0.3) is 21.8 Å². The van der Waals surface area contributed by atoms with Gasteiger partial charge < -0.3 is 19.3 Å². The molecule has 2 heterocycles. The fraction of sp³-hybridized carbons (Fsp3) is 0.333. The van der Waals surface area contributed by atoms with Crippen molar-refractivity contribution in [2.45, 2.75) is 59.0 Å². The van der Waals surface area contributed by atoms with Crippen LogP contribution in [0.3, 0.4) is 0 Å². The molecule has 0 fully saturated rings. The molecule has 2 amide bonds. The highest BCUT2D eigenvalue weighted by atomic mass is 35.5. The van der Waals surface area contributed by atoms with E-state index in [9.17, 15) is 19.8 Å². The molecule has 12 heteroatoms. The van der Waals surface area contributed by atoms with E-state index in [0.717, 1.165) is 0 Å². The normalized spacial score (nSPS) is 12.3. The fourth-order valence-electron chi connectivity index (χ4n) is 4.46. The van der Waals surface area contributed by atoms with Crippen LogP contribution in [0.5, 0.6) is 11.8 Å². The van der Waals surface area contributed by atoms with Crippen LogP contribution in [-0.2, 0) is 9.59 Å². The molecule has 204 valence electrons. The maximum absolute atomic E-state index is 12.3. The largest absolute Gasteiger partial charge is 0.493 e. The molecule has 0 radical (unpaired) electrons. The molecule has 2 aromatic heterocycles. The summed E-state index contributed by atoms with van der Waals surface area (Å²) >= 11 is 12.2. The van der Waals surface area contributed by atoms with E-state index in [1.54, 1.807) is 45.5 Å². The number of halogens is 2. The summed E-state index contributed by atoms with van der Waals surface area (Å²) < 4.78 is 3.36. The lowest BCUT2D eigenvalue weighted by molar-refractivity contribution is -0.119. The van der Waals surface area contributed by atoms with Gasteiger partial charge in [-0.05, 0) is 70.5 Å². The van der Waals surface area contributed by atoms with E-state index in [-0.39, 0.29) is 54.5 Å². The number of nitrogens with zero attached hydrogens (tertiary/aromatic N) is 6. The van der Waals surface area contributed by atoms with Crippen molar-refractivity contribution in [3.05, 3.63) is 46.4 Å². The number of rotatable bonds is 8. The molecule has 0 saturated heterocycles. The number of carbonyl (C=O) groups is 2. The van der Waals surface area contributed by atoms with E-state index in [0.29, 0.717) is 31.9 Å². The zero-order valence-electron chi connectivity index (χ0n) is 21.9. The third-order valence-corrected chi connectivity index (χ3v) is 6.63. The molecule has 0 spiro atoms. The molecule has 0 aliphatic rings. The van der Waals surface area contributed by atoms with Gasteiger partial charge in [0.15, 0.2) is 11.4 Å². The maximum Gasteiger partial charge on any atom is 0.264 e. The molecule has 39 heavy (non-hydrogen) atoms. The number of hydrogen-bond acceptors (Lipinski definition) is 6. The highest BCUT2D eigenvalue weighted by Crippen LogP contribution is 2.43. The lowest BCUT2D eigenvalue weighted by atomic mass is 10.2. The van der Waals surface area contributed by atoms with Crippen molar-refractivity contribution in [2.24, 2.45) is 20.5 Å². The van der Waals surface area contributed by atoms with E-state index < -0.39 is 11.8 Å². The molecule has 4 rings (SSSR count). The SMILES string of the molecule is CC(C)n1c(O)c(N=NC(=O)CCCC(=O)N=Nc2c(O)n(C(C)C)c3ccc(Cl)cc23)c2cc(Cl)ccc21. The van der Waals surface area contributed by atoms with Crippen LogP contribution in [0.4, 0.5) is 11.4 Å². The third-order valence-electron chi connectivity index (χ3n) is 6.16. The topological polar surface area (TPSA) is 134 Å². The molecule has 0 atom stereocenters. The number of aromatic hydroxyl groups is 2. The minimum absolute atomic E-state index is 0.0530. The van der Waals surface area contributed by atoms with E-state index in [4.69, 9.17) is 23.2 Å². The van der Waals surface area contributed by atoms with E-state index >= 15 is 0 Å². The van der Waals surface area contributed by atoms with E-state index in [1.165, 1.54) is 0 Å². The Balaban J connectivity index is 1.42. The predicted octanol–water partition coefficient (Wildman–Crippen LogP) is 8.57. The highest BCUT2D eigenvalue weighted by molar-refractivity contribution is 6.32. The van der Waals surface area contributed by atoms with Gasteiger partial charge in [-0.25, -0.2) is 0 Å². The zero-order chi connectivity index (χ0) is 28.4. The monoisotopic (exact) mass is 570 g/mol. The standard InChI is InChI=1S/C27H28Cl2N6O4/c1-14(2)34-20-10-8-16(28)12-18(20)24(26(34)38)32-30-22(36)6-5-7-23(37)31-33-25-19-13-17(29)9-11-21(19)35(15(3)4)27(25)39/h8-15,38-39H,5-7H2,1-4H3. The first-order chi connectivity index (χ1) is 18.5. The molecule has 0 aliphatic heterocycles. The lowest BCUT2D eigenvalue weighted by Gasteiger charge is -2.10. The Morgan fingerprint density at radius 1 is 0.744 bits per heavy atom. The number of hydrogen-bond donors (Lipinski definition) is 2. The van der Waals surface area contributed by atoms with Gasteiger partial charge in [0.1, 0.15) is 0 Å². The Kier molecular flexibility index (Phi) is 8.36. The van der Waals surface area contributed by atoms with Gasteiger partial charge >= 0.3 is 0 Å². The van der Waals surface area contributed by atoms with Crippen molar-refractivity contribution in [3.63, 3.8) is 0 Å². The van der Waals surface area contributed by atoms with Gasteiger partial charge in [-0.1, -0.05) is 23.2 Å². The van der Waals surface area contributed by atoms with Crippen LogP contribution in [0.1, 0.15) is 59.0 Å². The molecule has 4 aromatic rings. The Hall–Kier alpha value is -3.76. The van der Waals surface area contributed by atoms with Gasteiger partial charge in [0.05, 0.1) is 11.0 Å². The summed E-state index contributed by atoms with van der Waals surface area (Å²) in [5.74, 6) is -1.34. The molecular weight excluding hydrogens is 543 g/mol. The van der Waals surface area contributed by atoms with Gasteiger partial charge in [0.25, 0.3) is 11.8 Å². The highest BCUT2D eigenvalue weighted by Gasteiger charge is 2.20. The quantitative estimate of drug-likeness (QED) is 0.205. The number of benzene rings is 2. The van der Waals surface area contributed by atoms with Crippen LogP contribution in [0, 0.1) is 0 Å². The second kappa shape index (κ2) is 11.5. The summed E-state index contributed by atoms with van der Waals surface area (Å²) in [6.07, 6.45) is 0.0675. The average Bonchev–Trinajstić information content (AvgIpc) is 3.30. The third kappa shape index (κ3) is 5.81. The van der Waals surface area contributed by atoms with Gasteiger partial charge in [0.2, 0.25) is 11.8 Å². The summed E-state index contributed by atoms with van der Waals surface area (Å²) in [5, 5.41) is 38.9. The molecule has 2 N–H and O–H groups in total. The van der Waals surface area contributed by atoms with Crippen LogP contribution in [0.2, 0.25) is 10.0 Å². The van der Waals surface area contributed by atoms with E-state index in [2.05, 4.69) is 20.5 Å². The van der Waals surface area contributed by atoms with Crippen LogP contribution >= 0.6 is 23.2 Å². The average molecular weight is 571 g/mol. The fourth-order valence-corrected chi connectivity index (χ4v) is 4.80. The van der Waals surface area contributed by atoms with Crippen molar-refractivity contribution in [1.29, 1.82) is 0 Å². The van der Waals surface area contributed by atoms with E-state index in [1.807, 2.05) is 27.7 Å². The van der Waals surface area contributed by atoms with Crippen LogP contribution in [0.15, 0.2) is 56.9 Å². The summed E-state index contributed by atoms with van der Waals surface area (Å²) in [4.78, 5) is 24.7. The molecule has 0 bridgehead atoms. The van der Waals surface area contributed by atoms with Crippen molar-refractivity contribution >= 4 is 68.2 Å². The molecule has 0 aliphatic carbocycles. The van der Waals surface area contributed by atoms with Gasteiger partial charge in [-0.2, -0.15) is 0 Å². The second-order valence-corrected chi connectivity index (χ2v) is 10.5. The Bertz CT molecular complexity index is 1510. The number of carbonyl (C=O) groups excluding carboxylic acids is 2. The second-order valence-electron chi connectivity index (χ2n) is 9.64. The van der Waals surface area contributed by atoms with Gasteiger partial charge in [-0.3, -0.25) is 9.59 Å². The van der Waals surface area contributed by atoms with Crippen LogP contribution in [-0.4, -0.2) is 31.2 Å². The Morgan fingerprint density at radius 2 is 1.13 bits per heavy atom. The summed E-state index contributed by atoms with van der Waals surface area (Å²) in [6, 6.07) is 10.2. The number of aromatic nitrogens is 2. The minimum atomic E-state index is -0.557. The predicted molar refractivity (Wildman–Crippen MR) is 151 cm³/mol. The van der Waals surface area contributed by atoms with Crippen LogP contribution < -0.4 is 0 Å². The van der Waals surface area contributed by atoms with Gasteiger partial charge in [0, 0.05) is 45.7 Å². The number of amides is 2. The van der Waals surface area contributed by atoms with Crippen molar-refractivity contribution in [3.8, 4) is 11.8 Å². The summed E-state index contributed by atoms with van der Waals surface area (Å²) in [6.45, 7) is 7.64. The Labute approximate surface area is 234 Å².